The van der Waals surface area contributed by atoms with Crippen molar-refractivity contribution >= 4 is 5.91 Å². The van der Waals surface area contributed by atoms with Crippen LogP contribution in [0.5, 0.6) is 0 Å². The predicted octanol–water partition coefficient (Wildman–Crippen LogP) is 0.917. The van der Waals surface area contributed by atoms with Crippen LogP contribution in [0.1, 0.15) is 32.6 Å². The van der Waals surface area contributed by atoms with E-state index in [4.69, 9.17) is 4.74 Å². The van der Waals surface area contributed by atoms with E-state index in [2.05, 4.69) is 10.6 Å². The molecule has 0 bridgehead atoms. The Hall–Kier alpha value is -0.610. The molecule has 0 radical (unpaired) electrons. The lowest BCUT2D eigenvalue weighted by atomic mass is 9.96. The quantitative estimate of drug-likeness (QED) is 0.726. The molecule has 2 aliphatic rings. The van der Waals surface area contributed by atoms with Gasteiger partial charge in [-0.3, -0.25) is 4.79 Å². The van der Waals surface area contributed by atoms with Crippen LogP contribution >= 0.6 is 0 Å². The van der Waals surface area contributed by atoms with E-state index < -0.39 is 0 Å². The van der Waals surface area contributed by atoms with Crippen LogP contribution in [0.3, 0.4) is 0 Å². The van der Waals surface area contributed by atoms with Gasteiger partial charge in [-0.2, -0.15) is 0 Å². The first-order valence-electron chi connectivity index (χ1n) is 6.91. The zero-order chi connectivity index (χ0) is 12.1. The Morgan fingerprint density at radius 1 is 1.53 bits per heavy atom. The summed E-state index contributed by atoms with van der Waals surface area (Å²) in [7, 11) is 0. The molecule has 0 aromatic carbocycles. The van der Waals surface area contributed by atoms with Crippen molar-refractivity contribution in [1.82, 2.24) is 10.6 Å². The summed E-state index contributed by atoms with van der Waals surface area (Å²) < 4.78 is 5.41. The number of amides is 1. The zero-order valence-corrected chi connectivity index (χ0v) is 10.7. The lowest BCUT2D eigenvalue weighted by Gasteiger charge is -2.22. The predicted molar refractivity (Wildman–Crippen MR) is 66.7 cm³/mol. The van der Waals surface area contributed by atoms with Crippen LogP contribution in [0, 0.1) is 11.8 Å². The third-order valence-electron chi connectivity index (χ3n) is 3.70. The van der Waals surface area contributed by atoms with Crippen LogP contribution < -0.4 is 10.6 Å². The van der Waals surface area contributed by atoms with Gasteiger partial charge in [-0.1, -0.05) is 0 Å². The van der Waals surface area contributed by atoms with E-state index in [0.717, 1.165) is 38.4 Å². The molecule has 3 unspecified atom stereocenters. The van der Waals surface area contributed by atoms with Crippen LogP contribution in [0.15, 0.2) is 0 Å². The number of carbonyl (C=O) groups is 1. The monoisotopic (exact) mass is 240 g/mol. The maximum atomic E-state index is 11.7. The number of piperidine rings is 1. The molecule has 2 fully saturated rings. The largest absolute Gasteiger partial charge is 0.378 e. The topological polar surface area (TPSA) is 50.4 Å². The Labute approximate surface area is 103 Å². The Bertz CT molecular complexity index is 252. The molecule has 1 saturated heterocycles. The molecule has 0 spiro atoms. The van der Waals surface area contributed by atoms with Gasteiger partial charge in [0.2, 0.25) is 5.91 Å². The maximum absolute atomic E-state index is 11.7. The van der Waals surface area contributed by atoms with Gasteiger partial charge in [0.1, 0.15) is 0 Å². The van der Waals surface area contributed by atoms with Gasteiger partial charge in [-0.05, 0) is 51.6 Å². The van der Waals surface area contributed by atoms with Crippen LogP contribution in [0.2, 0.25) is 0 Å². The van der Waals surface area contributed by atoms with Gasteiger partial charge in [0, 0.05) is 13.2 Å². The molecule has 2 N–H and O–H groups in total. The fourth-order valence-corrected chi connectivity index (χ4v) is 2.55. The molecule has 1 aliphatic carbocycles. The van der Waals surface area contributed by atoms with Gasteiger partial charge in [0.15, 0.2) is 0 Å². The summed E-state index contributed by atoms with van der Waals surface area (Å²) in [6.07, 6.45) is 4.77. The maximum Gasteiger partial charge on any atom is 0.225 e. The van der Waals surface area contributed by atoms with Crippen molar-refractivity contribution in [3.63, 3.8) is 0 Å². The Morgan fingerprint density at radius 2 is 2.41 bits per heavy atom. The SMILES string of the molecule is CCOC1CC1C(=O)NCCC1CCCNC1. The summed E-state index contributed by atoms with van der Waals surface area (Å²) in [5, 5.41) is 6.43. The van der Waals surface area contributed by atoms with E-state index in [1.165, 1.54) is 12.8 Å². The third-order valence-corrected chi connectivity index (χ3v) is 3.70. The summed E-state index contributed by atoms with van der Waals surface area (Å²) in [6, 6.07) is 0. The van der Waals surface area contributed by atoms with Crippen LogP contribution in [0.4, 0.5) is 0 Å². The molecular formula is C13H24N2O2. The smallest absolute Gasteiger partial charge is 0.225 e. The molecule has 4 nitrogen and oxygen atoms in total. The van der Waals surface area contributed by atoms with Crippen LogP contribution in [-0.2, 0) is 9.53 Å². The molecule has 17 heavy (non-hydrogen) atoms. The van der Waals surface area contributed by atoms with Gasteiger partial charge in [-0.15, -0.1) is 0 Å². The number of hydrogen-bond donors (Lipinski definition) is 2. The van der Waals surface area contributed by atoms with Crippen LogP contribution in [0.25, 0.3) is 0 Å². The van der Waals surface area contributed by atoms with E-state index in [-0.39, 0.29) is 17.9 Å². The number of carbonyl (C=O) groups excluding carboxylic acids is 1. The van der Waals surface area contributed by atoms with Gasteiger partial charge in [0.05, 0.1) is 12.0 Å². The first-order valence-corrected chi connectivity index (χ1v) is 6.91. The zero-order valence-electron chi connectivity index (χ0n) is 10.7. The summed E-state index contributed by atoms with van der Waals surface area (Å²) in [5.74, 6) is 1.05. The molecule has 0 aromatic rings. The minimum absolute atomic E-state index is 0.124. The highest BCUT2D eigenvalue weighted by Crippen LogP contribution is 2.33. The van der Waals surface area contributed by atoms with Crippen molar-refractivity contribution in [2.24, 2.45) is 11.8 Å². The van der Waals surface area contributed by atoms with Crippen molar-refractivity contribution in [2.75, 3.05) is 26.2 Å². The molecule has 0 aromatic heterocycles. The average molecular weight is 240 g/mol. The van der Waals surface area contributed by atoms with Gasteiger partial charge in [0.25, 0.3) is 0 Å². The molecule has 2 rings (SSSR count). The van der Waals surface area contributed by atoms with Gasteiger partial charge >= 0.3 is 0 Å². The minimum atomic E-state index is 0.124. The number of rotatable bonds is 6. The van der Waals surface area contributed by atoms with Crippen molar-refractivity contribution in [2.45, 2.75) is 38.7 Å². The average Bonchev–Trinajstić information content (AvgIpc) is 3.10. The minimum Gasteiger partial charge on any atom is -0.378 e. The van der Waals surface area contributed by atoms with Gasteiger partial charge < -0.3 is 15.4 Å². The summed E-state index contributed by atoms with van der Waals surface area (Å²) in [5.41, 5.74) is 0. The molecular weight excluding hydrogens is 216 g/mol. The van der Waals surface area contributed by atoms with Crippen molar-refractivity contribution < 1.29 is 9.53 Å². The highest BCUT2D eigenvalue weighted by Gasteiger charge is 2.43. The Balaban J connectivity index is 1.54. The van der Waals surface area contributed by atoms with Crippen LogP contribution in [-0.4, -0.2) is 38.3 Å². The van der Waals surface area contributed by atoms with Crippen molar-refractivity contribution in [1.29, 1.82) is 0 Å². The Morgan fingerprint density at radius 3 is 3.12 bits per heavy atom. The lowest BCUT2D eigenvalue weighted by molar-refractivity contribution is -0.123. The molecule has 4 heteroatoms. The summed E-state index contributed by atoms with van der Waals surface area (Å²) in [4.78, 5) is 11.7. The number of ether oxygens (including phenoxy) is 1. The van der Waals surface area contributed by atoms with E-state index in [0.29, 0.717) is 6.61 Å². The molecule has 1 aliphatic heterocycles. The third kappa shape index (κ3) is 3.96. The number of hydrogen-bond acceptors (Lipinski definition) is 3. The molecule has 3 atom stereocenters. The summed E-state index contributed by atoms with van der Waals surface area (Å²) >= 11 is 0. The normalized spacial score (nSPS) is 32.2. The standard InChI is InChI=1S/C13H24N2O2/c1-2-17-12-8-11(12)13(16)15-7-5-10-4-3-6-14-9-10/h10-12,14H,2-9H2,1H3,(H,15,16). The highest BCUT2D eigenvalue weighted by molar-refractivity contribution is 5.81. The van der Waals surface area contributed by atoms with Crippen molar-refractivity contribution in [3.05, 3.63) is 0 Å². The second kappa shape index (κ2) is 6.36. The fraction of sp³-hybridized carbons (Fsp3) is 0.923. The molecule has 1 heterocycles. The molecule has 1 amide bonds. The van der Waals surface area contributed by atoms with Crippen molar-refractivity contribution in [3.8, 4) is 0 Å². The lowest BCUT2D eigenvalue weighted by Crippen LogP contribution is -2.34. The first-order chi connectivity index (χ1) is 8.31. The van der Waals surface area contributed by atoms with Gasteiger partial charge in [-0.25, -0.2) is 0 Å². The fourth-order valence-electron chi connectivity index (χ4n) is 2.55. The number of nitrogens with one attached hydrogen (secondary N) is 2. The van der Waals surface area contributed by atoms with E-state index in [1.54, 1.807) is 0 Å². The van der Waals surface area contributed by atoms with E-state index >= 15 is 0 Å². The Kier molecular flexibility index (Phi) is 4.80. The van der Waals surface area contributed by atoms with E-state index in [9.17, 15) is 4.79 Å². The van der Waals surface area contributed by atoms with E-state index in [1.807, 2.05) is 6.92 Å². The second-order valence-electron chi connectivity index (χ2n) is 5.13. The highest BCUT2D eigenvalue weighted by atomic mass is 16.5. The summed E-state index contributed by atoms with van der Waals surface area (Å²) in [6.45, 7) is 5.77. The second-order valence-corrected chi connectivity index (χ2v) is 5.13. The molecule has 1 saturated carbocycles. The first kappa shape index (κ1) is 12.8. The molecule has 98 valence electrons.